The van der Waals surface area contributed by atoms with E-state index < -0.39 is 0 Å². The van der Waals surface area contributed by atoms with E-state index in [-0.39, 0.29) is 5.41 Å². The summed E-state index contributed by atoms with van der Waals surface area (Å²) in [7, 11) is 0. The molecule has 0 saturated heterocycles. The van der Waals surface area contributed by atoms with Crippen molar-refractivity contribution in [1.29, 1.82) is 0 Å². The molecule has 90 valence electrons. The Kier molecular flexibility index (Phi) is 3.06. The van der Waals surface area contributed by atoms with Gasteiger partial charge < -0.3 is 10.3 Å². The SMILES string of the molecule is CC(C)NCc1nc2c([nH]1)CCCC2(C)C. The molecule has 1 heterocycles. The Balaban J connectivity index is 2.16. The van der Waals surface area contributed by atoms with Gasteiger partial charge in [0.25, 0.3) is 0 Å². The Labute approximate surface area is 98.1 Å². The van der Waals surface area contributed by atoms with Crippen LogP contribution < -0.4 is 5.32 Å². The summed E-state index contributed by atoms with van der Waals surface area (Å²) in [6, 6.07) is 0.509. The first kappa shape index (κ1) is 11.6. The number of hydrogen-bond donors (Lipinski definition) is 2. The summed E-state index contributed by atoms with van der Waals surface area (Å²) < 4.78 is 0. The fourth-order valence-electron chi connectivity index (χ4n) is 2.41. The number of hydrogen-bond acceptors (Lipinski definition) is 2. The maximum atomic E-state index is 4.76. The molecule has 0 aliphatic heterocycles. The molecule has 0 unspecified atom stereocenters. The molecule has 1 aliphatic carbocycles. The zero-order chi connectivity index (χ0) is 11.8. The van der Waals surface area contributed by atoms with Crippen molar-refractivity contribution < 1.29 is 0 Å². The van der Waals surface area contributed by atoms with Gasteiger partial charge in [-0.1, -0.05) is 27.7 Å². The first-order valence-electron chi connectivity index (χ1n) is 6.30. The second-order valence-corrected chi connectivity index (χ2v) is 5.78. The highest BCUT2D eigenvalue weighted by atomic mass is 15.0. The highest BCUT2D eigenvalue weighted by Gasteiger charge is 2.30. The number of rotatable bonds is 3. The van der Waals surface area contributed by atoms with Crippen molar-refractivity contribution in [3.05, 3.63) is 17.2 Å². The zero-order valence-electron chi connectivity index (χ0n) is 10.9. The fraction of sp³-hybridized carbons (Fsp3) is 0.769. The van der Waals surface area contributed by atoms with Crippen LogP contribution in [0.2, 0.25) is 0 Å². The molecular weight excluding hydrogens is 198 g/mol. The van der Waals surface area contributed by atoms with Crippen LogP contribution in [-0.4, -0.2) is 16.0 Å². The van der Waals surface area contributed by atoms with Crippen molar-refractivity contribution in [3.8, 4) is 0 Å². The van der Waals surface area contributed by atoms with Gasteiger partial charge in [-0.3, -0.25) is 0 Å². The van der Waals surface area contributed by atoms with Gasteiger partial charge in [-0.15, -0.1) is 0 Å². The third kappa shape index (κ3) is 2.29. The molecule has 3 heteroatoms. The maximum absolute atomic E-state index is 4.76. The second-order valence-electron chi connectivity index (χ2n) is 5.78. The molecule has 2 N–H and O–H groups in total. The molecular formula is C13H23N3. The van der Waals surface area contributed by atoms with E-state index in [1.807, 2.05) is 0 Å². The van der Waals surface area contributed by atoms with Gasteiger partial charge in [0.15, 0.2) is 0 Å². The highest BCUT2D eigenvalue weighted by Crippen LogP contribution is 2.34. The summed E-state index contributed by atoms with van der Waals surface area (Å²) in [6.07, 6.45) is 3.69. The van der Waals surface area contributed by atoms with Crippen molar-refractivity contribution in [3.63, 3.8) is 0 Å². The van der Waals surface area contributed by atoms with Crippen molar-refractivity contribution in [2.45, 2.75) is 65.0 Å². The molecule has 3 nitrogen and oxygen atoms in total. The van der Waals surface area contributed by atoms with Crippen LogP contribution in [0.5, 0.6) is 0 Å². The normalized spacial score (nSPS) is 18.8. The molecule has 1 aliphatic rings. The van der Waals surface area contributed by atoms with Gasteiger partial charge in [0.2, 0.25) is 0 Å². The monoisotopic (exact) mass is 221 g/mol. The van der Waals surface area contributed by atoms with Crippen molar-refractivity contribution in [2.24, 2.45) is 0 Å². The molecule has 1 aromatic heterocycles. The van der Waals surface area contributed by atoms with Crippen LogP contribution in [0.4, 0.5) is 0 Å². The van der Waals surface area contributed by atoms with Crippen LogP contribution in [0.15, 0.2) is 0 Å². The molecule has 2 rings (SSSR count). The predicted molar refractivity (Wildman–Crippen MR) is 66.5 cm³/mol. The first-order chi connectivity index (χ1) is 7.49. The summed E-state index contributed by atoms with van der Waals surface area (Å²) >= 11 is 0. The molecule has 1 aromatic rings. The minimum atomic E-state index is 0.250. The number of nitrogens with one attached hydrogen (secondary N) is 2. The number of aryl methyl sites for hydroxylation is 1. The molecule has 0 atom stereocenters. The van der Waals surface area contributed by atoms with E-state index in [1.165, 1.54) is 24.2 Å². The van der Waals surface area contributed by atoms with Crippen LogP contribution in [0.3, 0.4) is 0 Å². The van der Waals surface area contributed by atoms with E-state index in [0.29, 0.717) is 6.04 Å². The Hall–Kier alpha value is -0.830. The lowest BCUT2D eigenvalue weighted by Gasteiger charge is -2.27. The quantitative estimate of drug-likeness (QED) is 0.823. The fourth-order valence-corrected chi connectivity index (χ4v) is 2.41. The molecule has 0 amide bonds. The number of imidazole rings is 1. The van der Waals surface area contributed by atoms with E-state index in [1.54, 1.807) is 0 Å². The summed E-state index contributed by atoms with van der Waals surface area (Å²) in [5.74, 6) is 1.09. The van der Waals surface area contributed by atoms with E-state index in [2.05, 4.69) is 38.0 Å². The minimum absolute atomic E-state index is 0.250. The zero-order valence-corrected chi connectivity index (χ0v) is 10.9. The van der Waals surface area contributed by atoms with Crippen molar-refractivity contribution in [2.75, 3.05) is 0 Å². The Bertz CT molecular complexity index is 363. The summed E-state index contributed by atoms with van der Waals surface area (Å²) in [4.78, 5) is 8.23. The van der Waals surface area contributed by atoms with Gasteiger partial charge in [-0.2, -0.15) is 0 Å². The number of aromatic nitrogens is 2. The molecule has 0 radical (unpaired) electrons. The van der Waals surface area contributed by atoms with Gasteiger partial charge in [-0.25, -0.2) is 4.98 Å². The van der Waals surface area contributed by atoms with Crippen molar-refractivity contribution >= 4 is 0 Å². The average molecular weight is 221 g/mol. The lowest BCUT2D eigenvalue weighted by Crippen LogP contribution is -2.24. The Morgan fingerprint density at radius 3 is 2.81 bits per heavy atom. The van der Waals surface area contributed by atoms with Crippen molar-refractivity contribution in [1.82, 2.24) is 15.3 Å². The summed E-state index contributed by atoms with van der Waals surface area (Å²) in [5, 5.41) is 3.40. The van der Waals surface area contributed by atoms with E-state index in [0.717, 1.165) is 18.8 Å². The topological polar surface area (TPSA) is 40.7 Å². The third-order valence-electron chi connectivity index (χ3n) is 3.38. The van der Waals surface area contributed by atoms with E-state index in [9.17, 15) is 0 Å². The molecule has 0 bridgehead atoms. The lowest BCUT2D eigenvalue weighted by atomic mass is 9.78. The molecule has 0 spiro atoms. The average Bonchev–Trinajstić information content (AvgIpc) is 2.59. The van der Waals surface area contributed by atoms with E-state index >= 15 is 0 Å². The number of H-pyrrole nitrogens is 1. The standard InChI is InChI=1S/C13H23N3/c1-9(2)14-8-11-15-10-6-5-7-13(3,4)12(10)16-11/h9,14H,5-8H2,1-4H3,(H,15,16). The van der Waals surface area contributed by atoms with Gasteiger partial charge in [0, 0.05) is 17.2 Å². The number of aromatic amines is 1. The third-order valence-corrected chi connectivity index (χ3v) is 3.38. The summed E-state index contributed by atoms with van der Waals surface area (Å²) in [6.45, 7) is 9.76. The second kappa shape index (κ2) is 4.21. The largest absolute Gasteiger partial charge is 0.345 e. The van der Waals surface area contributed by atoms with Gasteiger partial charge in [0.05, 0.1) is 12.2 Å². The molecule has 0 aromatic carbocycles. The van der Waals surface area contributed by atoms with Crippen LogP contribution in [-0.2, 0) is 18.4 Å². The number of nitrogens with zero attached hydrogens (tertiary/aromatic N) is 1. The van der Waals surface area contributed by atoms with Gasteiger partial charge in [0.1, 0.15) is 5.82 Å². The summed E-state index contributed by atoms with van der Waals surface area (Å²) in [5.41, 5.74) is 2.90. The smallest absolute Gasteiger partial charge is 0.120 e. The molecule has 16 heavy (non-hydrogen) atoms. The first-order valence-corrected chi connectivity index (χ1v) is 6.30. The highest BCUT2D eigenvalue weighted by molar-refractivity contribution is 5.26. The number of fused-ring (bicyclic) bond motifs is 1. The molecule has 0 fully saturated rings. The maximum Gasteiger partial charge on any atom is 0.120 e. The van der Waals surface area contributed by atoms with Gasteiger partial charge in [-0.05, 0) is 19.3 Å². The predicted octanol–water partition coefficient (Wildman–Crippen LogP) is 2.52. The Morgan fingerprint density at radius 2 is 2.19 bits per heavy atom. The minimum Gasteiger partial charge on any atom is -0.345 e. The molecule has 0 saturated carbocycles. The van der Waals surface area contributed by atoms with Crippen LogP contribution in [0.1, 0.15) is 57.7 Å². The van der Waals surface area contributed by atoms with Crippen LogP contribution >= 0.6 is 0 Å². The van der Waals surface area contributed by atoms with Crippen LogP contribution in [0, 0.1) is 0 Å². The van der Waals surface area contributed by atoms with E-state index in [4.69, 9.17) is 4.98 Å². The van der Waals surface area contributed by atoms with Crippen LogP contribution in [0.25, 0.3) is 0 Å². The van der Waals surface area contributed by atoms with Gasteiger partial charge >= 0.3 is 0 Å². The lowest BCUT2D eigenvalue weighted by molar-refractivity contribution is 0.419. The Morgan fingerprint density at radius 1 is 1.44 bits per heavy atom.